The van der Waals surface area contributed by atoms with Crippen LogP contribution in [0.1, 0.15) is 16.8 Å². The second kappa shape index (κ2) is 7.77. The highest BCUT2D eigenvalue weighted by molar-refractivity contribution is 6.30. The summed E-state index contributed by atoms with van der Waals surface area (Å²) in [6.07, 6.45) is 0.124. The summed E-state index contributed by atoms with van der Waals surface area (Å²) in [5.41, 5.74) is -0.352. The molecule has 23 heavy (non-hydrogen) atoms. The lowest BCUT2D eigenvalue weighted by atomic mass is 9.98. The molecule has 0 radical (unpaired) electrons. The monoisotopic (exact) mass is 340 g/mol. The molecule has 1 atom stereocenters. The topological polar surface area (TPSA) is 67.9 Å². The molecular weight excluding hydrogens is 320 g/mol. The smallest absolute Gasteiger partial charge is 0.254 e. The number of methoxy groups -OCH3 is 1. The molecular formula is C16H21ClN2O4. The Morgan fingerprint density at radius 2 is 2.26 bits per heavy atom. The number of amides is 2. The molecule has 6 nitrogen and oxygen atoms in total. The molecule has 0 spiro atoms. The average molecular weight is 341 g/mol. The number of ether oxygens (including phenoxy) is 2. The van der Waals surface area contributed by atoms with Crippen LogP contribution in [0.15, 0.2) is 24.3 Å². The summed E-state index contributed by atoms with van der Waals surface area (Å²) in [7, 11) is 3.10. The minimum Gasteiger partial charge on any atom is -0.377 e. The van der Waals surface area contributed by atoms with Crippen LogP contribution in [0.4, 0.5) is 0 Å². The van der Waals surface area contributed by atoms with E-state index in [2.05, 4.69) is 5.32 Å². The van der Waals surface area contributed by atoms with Crippen molar-refractivity contribution in [3.05, 3.63) is 34.9 Å². The summed E-state index contributed by atoms with van der Waals surface area (Å²) in [4.78, 5) is 26.1. The summed E-state index contributed by atoms with van der Waals surface area (Å²) in [5, 5.41) is 3.08. The van der Waals surface area contributed by atoms with Crippen LogP contribution >= 0.6 is 11.6 Å². The zero-order valence-electron chi connectivity index (χ0n) is 13.3. The maximum Gasteiger partial charge on any atom is 0.254 e. The molecule has 1 aliphatic rings. The lowest BCUT2D eigenvalue weighted by Crippen LogP contribution is -2.50. The van der Waals surface area contributed by atoms with Crippen LogP contribution in [-0.2, 0) is 14.3 Å². The van der Waals surface area contributed by atoms with Crippen LogP contribution in [-0.4, -0.2) is 62.8 Å². The van der Waals surface area contributed by atoms with Crippen molar-refractivity contribution in [3.8, 4) is 0 Å². The number of carbonyl (C=O) groups is 2. The number of nitrogens with one attached hydrogen (secondary N) is 1. The normalized spacial score (nSPS) is 21.6. The number of carbonyl (C=O) groups excluding carboxylic acids is 2. The first kappa shape index (κ1) is 17.7. The van der Waals surface area contributed by atoms with Gasteiger partial charge in [0.15, 0.2) is 0 Å². The number of halogens is 1. The van der Waals surface area contributed by atoms with Crippen molar-refractivity contribution in [2.45, 2.75) is 12.0 Å². The standard InChI is InChI=1S/C16H21ClN2O4/c1-18-14(20)9-16(22-2)10-19(6-7-23-11-16)15(21)12-4-3-5-13(17)8-12/h3-5,8H,6-7,9-11H2,1-2H3,(H,18,20). The Morgan fingerprint density at radius 1 is 1.48 bits per heavy atom. The lowest BCUT2D eigenvalue weighted by Gasteiger charge is -2.33. The van der Waals surface area contributed by atoms with Crippen LogP contribution in [0.2, 0.25) is 5.02 Å². The van der Waals surface area contributed by atoms with Gasteiger partial charge in [-0.1, -0.05) is 17.7 Å². The van der Waals surface area contributed by atoms with Crippen LogP contribution in [0.3, 0.4) is 0 Å². The second-order valence-corrected chi connectivity index (χ2v) is 5.96. The molecule has 1 heterocycles. The molecule has 1 saturated heterocycles. The van der Waals surface area contributed by atoms with Crippen molar-refractivity contribution in [3.63, 3.8) is 0 Å². The first-order chi connectivity index (χ1) is 11.0. The molecule has 0 bridgehead atoms. The summed E-state index contributed by atoms with van der Waals surface area (Å²) < 4.78 is 11.1. The first-order valence-electron chi connectivity index (χ1n) is 7.38. The van der Waals surface area contributed by atoms with E-state index in [1.807, 2.05) is 0 Å². The van der Waals surface area contributed by atoms with Crippen molar-refractivity contribution in [1.82, 2.24) is 10.2 Å². The molecule has 126 valence electrons. The van der Waals surface area contributed by atoms with E-state index in [1.54, 1.807) is 36.2 Å². The molecule has 0 aromatic heterocycles. The molecule has 0 saturated carbocycles. The first-order valence-corrected chi connectivity index (χ1v) is 7.76. The molecule has 7 heteroatoms. The van der Waals surface area contributed by atoms with Crippen LogP contribution in [0.5, 0.6) is 0 Å². The van der Waals surface area contributed by atoms with Gasteiger partial charge in [0.05, 0.1) is 26.2 Å². The molecule has 1 aromatic rings. The van der Waals surface area contributed by atoms with E-state index in [4.69, 9.17) is 21.1 Å². The third-order valence-electron chi connectivity index (χ3n) is 3.90. The number of hydrogen-bond acceptors (Lipinski definition) is 4. The van der Waals surface area contributed by atoms with Crippen molar-refractivity contribution < 1.29 is 19.1 Å². The lowest BCUT2D eigenvalue weighted by molar-refractivity contribution is -0.131. The maximum absolute atomic E-state index is 12.7. The van der Waals surface area contributed by atoms with Gasteiger partial charge in [-0.25, -0.2) is 0 Å². The molecule has 1 N–H and O–H groups in total. The van der Waals surface area contributed by atoms with Gasteiger partial charge < -0.3 is 19.7 Å². The van der Waals surface area contributed by atoms with Gasteiger partial charge in [-0.05, 0) is 18.2 Å². The van der Waals surface area contributed by atoms with E-state index in [0.717, 1.165) is 0 Å². The molecule has 1 unspecified atom stereocenters. The molecule has 1 aliphatic heterocycles. The van der Waals surface area contributed by atoms with Crippen LogP contribution < -0.4 is 5.32 Å². The van der Waals surface area contributed by atoms with Gasteiger partial charge in [0.2, 0.25) is 5.91 Å². The Labute approximate surface area is 140 Å². The predicted octanol–water partition coefficient (Wildman–Crippen LogP) is 1.33. The minimum atomic E-state index is -0.856. The minimum absolute atomic E-state index is 0.124. The Kier molecular flexibility index (Phi) is 5.98. The van der Waals surface area contributed by atoms with Gasteiger partial charge in [-0.2, -0.15) is 0 Å². The van der Waals surface area contributed by atoms with Crippen molar-refractivity contribution in [1.29, 1.82) is 0 Å². The van der Waals surface area contributed by atoms with E-state index < -0.39 is 5.60 Å². The van der Waals surface area contributed by atoms with E-state index in [9.17, 15) is 9.59 Å². The number of rotatable bonds is 4. The summed E-state index contributed by atoms with van der Waals surface area (Å²) in [5.74, 6) is -0.316. The zero-order chi connectivity index (χ0) is 16.9. The van der Waals surface area contributed by atoms with Crippen molar-refractivity contribution >= 4 is 23.4 Å². The maximum atomic E-state index is 12.7. The molecule has 0 aliphatic carbocycles. The zero-order valence-corrected chi connectivity index (χ0v) is 14.1. The van der Waals surface area contributed by atoms with Gasteiger partial charge >= 0.3 is 0 Å². The number of benzene rings is 1. The van der Waals surface area contributed by atoms with E-state index >= 15 is 0 Å². The summed E-state index contributed by atoms with van der Waals surface area (Å²) >= 11 is 5.96. The van der Waals surface area contributed by atoms with Gasteiger partial charge in [-0.3, -0.25) is 9.59 Å². The SMILES string of the molecule is CNC(=O)CC1(OC)COCCN(C(=O)c2cccc(Cl)c2)C1. The Bertz CT molecular complexity index is 581. The van der Waals surface area contributed by atoms with E-state index in [-0.39, 0.29) is 31.4 Å². The van der Waals surface area contributed by atoms with Gasteiger partial charge in [-0.15, -0.1) is 0 Å². The van der Waals surface area contributed by atoms with Crippen molar-refractivity contribution in [2.75, 3.05) is 40.5 Å². The third kappa shape index (κ3) is 4.43. The highest BCUT2D eigenvalue weighted by atomic mass is 35.5. The number of hydrogen-bond donors (Lipinski definition) is 1. The molecule has 1 fully saturated rings. The molecule has 2 rings (SSSR count). The Morgan fingerprint density at radius 3 is 2.91 bits per heavy atom. The Balaban J connectivity index is 2.21. The molecule has 1 aromatic carbocycles. The highest BCUT2D eigenvalue weighted by Gasteiger charge is 2.38. The quantitative estimate of drug-likeness (QED) is 0.898. The fourth-order valence-electron chi connectivity index (χ4n) is 2.57. The highest BCUT2D eigenvalue weighted by Crippen LogP contribution is 2.22. The third-order valence-corrected chi connectivity index (χ3v) is 4.14. The average Bonchev–Trinajstić information content (AvgIpc) is 2.77. The van der Waals surface area contributed by atoms with Gasteiger partial charge in [0.25, 0.3) is 5.91 Å². The van der Waals surface area contributed by atoms with E-state index in [1.165, 1.54) is 7.11 Å². The van der Waals surface area contributed by atoms with Crippen LogP contribution in [0, 0.1) is 0 Å². The van der Waals surface area contributed by atoms with E-state index in [0.29, 0.717) is 23.7 Å². The fourth-order valence-corrected chi connectivity index (χ4v) is 2.76. The second-order valence-electron chi connectivity index (χ2n) is 5.53. The summed E-state index contributed by atoms with van der Waals surface area (Å²) in [6, 6.07) is 6.79. The fraction of sp³-hybridized carbons (Fsp3) is 0.500. The van der Waals surface area contributed by atoms with Gasteiger partial charge in [0.1, 0.15) is 5.60 Å². The summed E-state index contributed by atoms with van der Waals surface area (Å²) in [6.45, 7) is 1.37. The molecule has 2 amide bonds. The largest absolute Gasteiger partial charge is 0.377 e. The Hall–Kier alpha value is -1.63. The van der Waals surface area contributed by atoms with Crippen LogP contribution in [0.25, 0.3) is 0 Å². The van der Waals surface area contributed by atoms with Gasteiger partial charge in [0, 0.05) is 31.3 Å². The van der Waals surface area contributed by atoms with Crippen molar-refractivity contribution in [2.24, 2.45) is 0 Å². The number of nitrogens with zero attached hydrogens (tertiary/aromatic N) is 1. The predicted molar refractivity (Wildman–Crippen MR) is 86.6 cm³/mol.